The molecule has 90 valence electrons. The quantitative estimate of drug-likeness (QED) is 0.776. The minimum absolute atomic E-state index is 0.536. The Hall–Kier alpha value is -1.29. The van der Waals surface area contributed by atoms with Gasteiger partial charge in [-0.2, -0.15) is 0 Å². The number of aromatic nitrogens is 1. The number of aliphatic hydroxyl groups is 1. The van der Waals surface area contributed by atoms with E-state index in [1.54, 1.807) is 19.4 Å². The highest BCUT2D eigenvalue weighted by Gasteiger charge is 2.21. The molecule has 0 spiro atoms. The first-order valence-electron chi connectivity index (χ1n) is 5.60. The molecule has 0 aliphatic carbocycles. The van der Waals surface area contributed by atoms with E-state index in [0.29, 0.717) is 12.4 Å². The Morgan fingerprint density at radius 1 is 1.38 bits per heavy atom. The first kappa shape index (κ1) is 12.8. The molecule has 0 saturated carbocycles. The van der Waals surface area contributed by atoms with Gasteiger partial charge < -0.3 is 15.2 Å². The summed E-state index contributed by atoms with van der Waals surface area (Å²) in [5.74, 6) is 0.590. The summed E-state index contributed by atoms with van der Waals surface area (Å²) in [7, 11) is 1.59. The molecule has 0 aliphatic heterocycles. The van der Waals surface area contributed by atoms with Gasteiger partial charge >= 0.3 is 0 Å². The molecule has 1 rings (SSSR count). The van der Waals surface area contributed by atoms with E-state index >= 15 is 0 Å². The lowest BCUT2D eigenvalue weighted by Crippen LogP contribution is -2.35. The molecule has 0 bridgehead atoms. The fourth-order valence-corrected chi connectivity index (χ4v) is 1.37. The summed E-state index contributed by atoms with van der Waals surface area (Å²) < 4.78 is 4.97. The van der Waals surface area contributed by atoms with Gasteiger partial charge in [-0.1, -0.05) is 13.8 Å². The predicted molar refractivity (Wildman–Crippen MR) is 64.8 cm³/mol. The first-order chi connectivity index (χ1) is 7.63. The van der Waals surface area contributed by atoms with Gasteiger partial charge in [0.25, 0.3) is 0 Å². The van der Waals surface area contributed by atoms with Crippen LogP contribution >= 0.6 is 0 Å². The maximum absolute atomic E-state index is 10.1. The third-order valence-corrected chi connectivity index (χ3v) is 2.88. The summed E-state index contributed by atoms with van der Waals surface area (Å²) in [6.45, 7) is 4.50. The molecule has 16 heavy (non-hydrogen) atoms. The molecule has 1 aromatic heterocycles. The van der Waals surface area contributed by atoms with Crippen molar-refractivity contribution >= 4 is 5.69 Å². The Morgan fingerprint density at radius 2 is 2.06 bits per heavy atom. The summed E-state index contributed by atoms with van der Waals surface area (Å²) in [6, 6.07) is 3.68. The Morgan fingerprint density at radius 3 is 2.50 bits per heavy atom. The number of ether oxygens (including phenoxy) is 1. The van der Waals surface area contributed by atoms with Crippen molar-refractivity contribution in [3.8, 4) is 5.88 Å². The Kier molecular flexibility index (Phi) is 4.55. The van der Waals surface area contributed by atoms with Crippen molar-refractivity contribution in [2.45, 2.75) is 32.3 Å². The normalized spacial score (nSPS) is 11.2. The lowest BCUT2D eigenvalue weighted by Gasteiger charge is -2.25. The van der Waals surface area contributed by atoms with Gasteiger partial charge in [0, 0.05) is 12.6 Å². The third kappa shape index (κ3) is 3.38. The molecule has 0 atom stereocenters. The highest BCUT2D eigenvalue weighted by atomic mass is 16.5. The zero-order valence-electron chi connectivity index (χ0n) is 10.2. The molecule has 0 saturated heterocycles. The van der Waals surface area contributed by atoms with Gasteiger partial charge in [0.2, 0.25) is 5.88 Å². The summed E-state index contributed by atoms with van der Waals surface area (Å²) in [5.41, 5.74) is 0.251. The molecule has 0 radical (unpaired) electrons. The standard InChI is InChI=1S/C12H20N2O2/c1-4-12(15,5-2)9-14-10-6-7-11(16-3)13-8-10/h6-8,14-15H,4-5,9H2,1-3H3. The van der Waals surface area contributed by atoms with Crippen LogP contribution in [0.1, 0.15) is 26.7 Å². The van der Waals surface area contributed by atoms with Crippen molar-refractivity contribution < 1.29 is 9.84 Å². The topological polar surface area (TPSA) is 54.4 Å². The van der Waals surface area contributed by atoms with E-state index in [0.717, 1.165) is 18.5 Å². The average molecular weight is 224 g/mol. The van der Waals surface area contributed by atoms with Crippen LogP contribution in [0.4, 0.5) is 5.69 Å². The van der Waals surface area contributed by atoms with Crippen LogP contribution in [0, 0.1) is 0 Å². The van der Waals surface area contributed by atoms with Gasteiger partial charge in [-0.3, -0.25) is 0 Å². The van der Waals surface area contributed by atoms with Crippen LogP contribution < -0.4 is 10.1 Å². The van der Waals surface area contributed by atoms with Crippen molar-refractivity contribution in [1.29, 1.82) is 0 Å². The van der Waals surface area contributed by atoms with Crippen LogP contribution in [-0.4, -0.2) is 29.3 Å². The maximum Gasteiger partial charge on any atom is 0.213 e. The zero-order valence-corrected chi connectivity index (χ0v) is 10.2. The van der Waals surface area contributed by atoms with Gasteiger partial charge in [0.05, 0.1) is 24.6 Å². The smallest absolute Gasteiger partial charge is 0.213 e. The van der Waals surface area contributed by atoms with Crippen molar-refractivity contribution in [3.63, 3.8) is 0 Å². The SMILES string of the molecule is CCC(O)(CC)CNc1ccc(OC)nc1. The molecule has 1 heterocycles. The van der Waals surface area contributed by atoms with Gasteiger partial charge in [-0.15, -0.1) is 0 Å². The van der Waals surface area contributed by atoms with Gasteiger partial charge in [-0.25, -0.2) is 4.98 Å². The minimum Gasteiger partial charge on any atom is -0.481 e. The van der Waals surface area contributed by atoms with Crippen LogP contribution in [0.5, 0.6) is 5.88 Å². The van der Waals surface area contributed by atoms with Gasteiger partial charge in [0.1, 0.15) is 0 Å². The van der Waals surface area contributed by atoms with E-state index in [1.807, 2.05) is 19.9 Å². The molecular formula is C12H20N2O2. The third-order valence-electron chi connectivity index (χ3n) is 2.88. The molecule has 2 N–H and O–H groups in total. The fraction of sp³-hybridized carbons (Fsp3) is 0.583. The number of hydrogen-bond acceptors (Lipinski definition) is 4. The van der Waals surface area contributed by atoms with Crippen molar-refractivity contribution in [2.24, 2.45) is 0 Å². The summed E-state index contributed by atoms with van der Waals surface area (Å²) >= 11 is 0. The van der Waals surface area contributed by atoms with Crippen LogP contribution in [0.25, 0.3) is 0 Å². The second-order valence-corrected chi connectivity index (χ2v) is 3.87. The minimum atomic E-state index is -0.639. The Labute approximate surface area is 96.7 Å². The van der Waals surface area contributed by atoms with Crippen molar-refractivity contribution in [2.75, 3.05) is 19.0 Å². The molecule has 0 aliphatic rings. The van der Waals surface area contributed by atoms with Crippen molar-refractivity contribution in [3.05, 3.63) is 18.3 Å². The number of rotatable bonds is 6. The lowest BCUT2D eigenvalue weighted by atomic mass is 9.97. The highest BCUT2D eigenvalue weighted by molar-refractivity contribution is 5.42. The molecule has 0 unspecified atom stereocenters. The lowest BCUT2D eigenvalue weighted by molar-refractivity contribution is 0.0457. The second-order valence-electron chi connectivity index (χ2n) is 3.87. The number of pyridine rings is 1. The first-order valence-corrected chi connectivity index (χ1v) is 5.60. The predicted octanol–water partition coefficient (Wildman–Crippen LogP) is 2.05. The van der Waals surface area contributed by atoms with E-state index in [9.17, 15) is 5.11 Å². The molecule has 0 amide bonds. The summed E-state index contributed by atoms with van der Waals surface area (Å²) in [6.07, 6.45) is 3.17. The fourth-order valence-electron chi connectivity index (χ4n) is 1.37. The molecule has 4 heteroatoms. The average Bonchev–Trinajstić information content (AvgIpc) is 2.36. The van der Waals surface area contributed by atoms with Crippen LogP contribution in [0.15, 0.2) is 18.3 Å². The summed E-state index contributed by atoms with van der Waals surface area (Å²) in [5, 5.41) is 13.3. The maximum atomic E-state index is 10.1. The van der Waals surface area contributed by atoms with Gasteiger partial charge in [0.15, 0.2) is 0 Å². The number of methoxy groups -OCH3 is 1. The Balaban J connectivity index is 2.54. The van der Waals surface area contributed by atoms with E-state index < -0.39 is 5.60 Å². The molecule has 1 aromatic rings. The molecular weight excluding hydrogens is 204 g/mol. The van der Waals surface area contributed by atoms with E-state index in [4.69, 9.17) is 4.74 Å². The highest BCUT2D eigenvalue weighted by Crippen LogP contribution is 2.17. The molecule has 4 nitrogen and oxygen atoms in total. The van der Waals surface area contributed by atoms with Crippen molar-refractivity contribution in [1.82, 2.24) is 4.98 Å². The number of nitrogens with one attached hydrogen (secondary N) is 1. The zero-order chi connectivity index (χ0) is 12.0. The number of nitrogens with zero attached hydrogens (tertiary/aromatic N) is 1. The van der Waals surface area contributed by atoms with Crippen LogP contribution in [0.2, 0.25) is 0 Å². The van der Waals surface area contributed by atoms with Gasteiger partial charge in [-0.05, 0) is 18.9 Å². The van der Waals surface area contributed by atoms with E-state index in [1.165, 1.54) is 0 Å². The van der Waals surface area contributed by atoms with E-state index in [-0.39, 0.29) is 0 Å². The second kappa shape index (κ2) is 5.70. The monoisotopic (exact) mass is 224 g/mol. The van der Waals surface area contributed by atoms with Crippen LogP contribution in [-0.2, 0) is 0 Å². The molecule has 0 aromatic carbocycles. The van der Waals surface area contributed by atoms with E-state index in [2.05, 4.69) is 10.3 Å². The Bertz CT molecular complexity index is 307. The summed E-state index contributed by atoms with van der Waals surface area (Å²) in [4.78, 5) is 4.08. The number of anilines is 1. The van der Waals surface area contributed by atoms with Crippen LogP contribution in [0.3, 0.4) is 0 Å². The molecule has 0 fully saturated rings. The number of hydrogen-bond donors (Lipinski definition) is 2. The largest absolute Gasteiger partial charge is 0.481 e.